The molecule has 0 fully saturated rings. The van der Waals surface area contributed by atoms with Crippen molar-refractivity contribution < 1.29 is 14.3 Å². The number of methoxy groups -OCH3 is 1. The molecule has 3 aromatic rings. The fourth-order valence-corrected chi connectivity index (χ4v) is 3.15. The summed E-state index contributed by atoms with van der Waals surface area (Å²) in [6.07, 6.45) is 0.797. The first-order valence-electron chi connectivity index (χ1n) is 9.68. The average Bonchev–Trinajstić information content (AvgIpc) is 3.10. The summed E-state index contributed by atoms with van der Waals surface area (Å²) in [5.41, 5.74) is 2.43. The van der Waals surface area contributed by atoms with Gasteiger partial charge in [-0.1, -0.05) is 24.8 Å². The molecule has 29 heavy (non-hydrogen) atoms. The molecular formula is C23H27N3O3. The lowest BCUT2D eigenvalue weighted by atomic mass is 10.2. The molecule has 0 saturated heterocycles. The molecule has 1 aromatic heterocycles. The van der Waals surface area contributed by atoms with Gasteiger partial charge >= 0.3 is 0 Å². The van der Waals surface area contributed by atoms with Crippen LogP contribution in [0.15, 0.2) is 60.7 Å². The standard InChI is InChI=1S/C23H27N3O3/c1-16(2)23(27)24-17(3)22-25-20-11-5-6-12-21(20)26(22)13-8-14-29-19-10-7-9-18(15-19)28-4/h5-7,9-12,15,17H,1,8,13-14H2,2-4H3,(H,24,27). The van der Waals surface area contributed by atoms with E-state index in [1.807, 2.05) is 55.5 Å². The van der Waals surface area contributed by atoms with Gasteiger partial charge < -0.3 is 19.4 Å². The fourth-order valence-electron chi connectivity index (χ4n) is 3.15. The second kappa shape index (κ2) is 9.28. The molecule has 0 aliphatic rings. The van der Waals surface area contributed by atoms with Gasteiger partial charge in [-0.15, -0.1) is 0 Å². The molecule has 0 spiro atoms. The lowest BCUT2D eigenvalue weighted by molar-refractivity contribution is -0.118. The van der Waals surface area contributed by atoms with Gasteiger partial charge in [0.15, 0.2) is 0 Å². The first kappa shape index (κ1) is 20.5. The van der Waals surface area contributed by atoms with Crippen LogP contribution in [0.5, 0.6) is 11.5 Å². The largest absolute Gasteiger partial charge is 0.497 e. The van der Waals surface area contributed by atoms with Crippen LogP contribution in [-0.4, -0.2) is 29.2 Å². The Bertz CT molecular complexity index is 1010. The molecular weight excluding hydrogens is 366 g/mol. The third-order valence-electron chi connectivity index (χ3n) is 4.64. The summed E-state index contributed by atoms with van der Waals surface area (Å²) in [4.78, 5) is 16.8. The zero-order valence-electron chi connectivity index (χ0n) is 17.1. The van der Waals surface area contributed by atoms with Gasteiger partial charge in [-0.3, -0.25) is 4.79 Å². The second-order valence-electron chi connectivity index (χ2n) is 6.97. The number of hydrogen-bond donors (Lipinski definition) is 1. The van der Waals surface area contributed by atoms with E-state index in [1.165, 1.54) is 0 Å². The Morgan fingerprint density at radius 2 is 1.97 bits per heavy atom. The van der Waals surface area contributed by atoms with Gasteiger partial charge in [0.1, 0.15) is 17.3 Å². The smallest absolute Gasteiger partial charge is 0.246 e. The van der Waals surface area contributed by atoms with Crippen molar-refractivity contribution in [1.29, 1.82) is 0 Å². The molecule has 0 saturated carbocycles. The van der Waals surface area contributed by atoms with Crippen molar-refractivity contribution in [2.24, 2.45) is 0 Å². The van der Waals surface area contributed by atoms with Crippen molar-refractivity contribution in [3.8, 4) is 11.5 Å². The van der Waals surface area contributed by atoms with E-state index in [9.17, 15) is 4.79 Å². The Morgan fingerprint density at radius 3 is 2.72 bits per heavy atom. The van der Waals surface area contributed by atoms with Crippen LogP contribution in [0.2, 0.25) is 0 Å². The van der Waals surface area contributed by atoms with Crippen molar-refractivity contribution in [2.45, 2.75) is 32.9 Å². The molecule has 1 amide bonds. The Labute approximate surface area is 171 Å². The number of carbonyl (C=O) groups is 1. The van der Waals surface area contributed by atoms with Gasteiger partial charge in [-0.25, -0.2) is 4.98 Å². The number of aryl methyl sites for hydroxylation is 1. The molecule has 152 valence electrons. The van der Waals surface area contributed by atoms with Crippen molar-refractivity contribution >= 4 is 16.9 Å². The van der Waals surface area contributed by atoms with Crippen molar-refractivity contribution in [2.75, 3.05) is 13.7 Å². The molecule has 1 N–H and O–H groups in total. The Balaban J connectivity index is 1.71. The molecule has 1 heterocycles. The minimum absolute atomic E-state index is 0.169. The average molecular weight is 393 g/mol. The first-order chi connectivity index (χ1) is 14.0. The molecule has 0 aliphatic carbocycles. The van der Waals surface area contributed by atoms with Crippen molar-refractivity contribution in [3.05, 3.63) is 66.5 Å². The maximum Gasteiger partial charge on any atom is 0.246 e. The van der Waals surface area contributed by atoms with E-state index in [1.54, 1.807) is 14.0 Å². The van der Waals surface area contributed by atoms with Crippen LogP contribution in [0, 0.1) is 0 Å². The van der Waals surface area contributed by atoms with Crippen molar-refractivity contribution in [1.82, 2.24) is 14.9 Å². The SMILES string of the molecule is C=C(C)C(=O)NC(C)c1nc2ccccc2n1CCCOc1cccc(OC)c1. The van der Waals surface area contributed by atoms with E-state index in [0.717, 1.165) is 41.3 Å². The number of nitrogens with zero attached hydrogens (tertiary/aromatic N) is 2. The van der Waals surface area contributed by atoms with E-state index < -0.39 is 0 Å². The fraction of sp³-hybridized carbons (Fsp3) is 0.304. The number of hydrogen-bond acceptors (Lipinski definition) is 4. The number of aromatic nitrogens is 2. The van der Waals surface area contributed by atoms with Gasteiger partial charge in [-0.2, -0.15) is 0 Å². The van der Waals surface area contributed by atoms with E-state index >= 15 is 0 Å². The van der Waals surface area contributed by atoms with E-state index in [-0.39, 0.29) is 11.9 Å². The van der Waals surface area contributed by atoms with Gasteiger partial charge in [0.05, 0.1) is 30.8 Å². The van der Waals surface area contributed by atoms with Crippen LogP contribution in [0.25, 0.3) is 11.0 Å². The number of ether oxygens (including phenoxy) is 2. The number of imidazole rings is 1. The highest BCUT2D eigenvalue weighted by Crippen LogP contribution is 2.22. The van der Waals surface area contributed by atoms with Crippen LogP contribution in [-0.2, 0) is 11.3 Å². The lowest BCUT2D eigenvalue weighted by Gasteiger charge is -2.16. The van der Waals surface area contributed by atoms with Crippen LogP contribution in [0.1, 0.15) is 32.1 Å². The third-order valence-corrected chi connectivity index (χ3v) is 4.64. The number of rotatable bonds is 9. The van der Waals surface area contributed by atoms with E-state index in [2.05, 4.69) is 16.5 Å². The highest BCUT2D eigenvalue weighted by atomic mass is 16.5. The van der Waals surface area contributed by atoms with E-state index in [0.29, 0.717) is 12.2 Å². The van der Waals surface area contributed by atoms with Crippen LogP contribution < -0.4 is 14.8 Å². The van der Waals surface area contributed by atoms with Gasteiger partial charge in [0, 0.05) is 18.2 Å². The molecule has 2 aromatic carbocycles. The normalized spacial score (nSPS) is 11.8. The molecule has 0 radical (unpaired) electrons. The summed E-state index contributed by atoms with van der Waals surface area (Å²) < 4.78 is 13.2. The number of amides is 1. The lowest BCUT2D eigenvalue weighted by Crippen LogP contribution is -2.29. The van der Waals surface area contributed by atoms with Gasteiger partial charge in [0.2, 0.25) is 5.91 Å². The van der Waals surface area contributed by atoms with Gasteiger partial charge in [-0.05, 0) is 44.5 Å². The van der Waals surface area contributed by atoms with Crippen molar-refractivity contribution in [3.63, 3.8) is 0 Å². The maximum absolute atomic E-state index is 12.0. The Kier molecular flexibility index (Phi) is 6.54. The quantitative estimate of drug-likeness (QED) is 0.436. The number of fused-ring (bicyclic) bond motifs is 1. The minimum Gasteiger partial charge on any atom is -0.497 e. The summed E-state index contributed by atoms with van der Waals surface area (Å²) in [5, 5.41) is 2.96. The summed E-state index contributed by atoms with van der Waals surface area (Å²) in [5.74, 6) is 2.20. The predicted molar refractivity (Wildman–Crippen MR) is 114 cm³/mol. The van der Waals surface area contributed by atoms with E-state index in [4.69, 9.17) is 14.5 Å². The zero-order valence-corrected chi connectivity index (χ0v) is 17.1. The number of benzene rings is 2. The predicted octanol–water partition coefficient (Wildman–Crippen LogP) is 4.27. The highest BCUT2D eigenvalue weighted by Gasteiger charge is 2.18. The van der Waals surface area contributed by atoms with Crippen LogP contribution in [0.3, 0.4) is 0 Å². The van der Waals surface area contributed by atoms with Crippen LogP contribution in [0.4, 0.5) is 0 Å². The summed E-state index contributed by atoms with van der Waals surface area (Å²) in [7, 11) is 1.64. The number of nitrogens with one attached hydrogen (secondary N) is 1. The first-order valence-corrected chi connectivity index (χ1v) is 9.68. The second-order valence-corrected chi connectivity index (χ2v) is 6.97. The summed E-state index contributed by atoms with van der Waals surface area (Å²) in [6, 6.07) is 15.3. The Morgan fingerprint density at radius 1 is 1.21 bits per heavy atom. The zero-order chi connectivity index (χ0) is 20.8. The molecule has 6 nitrogen and oxygen atoms in total. The number of carbonyl (C=O) groups excluding carboxylic acids is 1. The molecule has 0 bridgehead atoms. The third kappa shape index (κ3) is 4.96. The van der Waals surface area contributed by atoms with Gasteiger partial charge in [0.25, 0.3) is 0 Å². The highest BCUT2D eigenvalue weighted by molar-refractivity contribution is 5.92. The topological polar surface area (TPSA) is 65.4 Å². The molecule has 0 aliphatic heterocycles. The summed E-state index contributed by atoms with van der Waals surface area (Å²) >= 11 is 0. The molecule has 6 heteroatoms. The summed E-state index contributed by atoms with van der Waals surface area (Å²) in [6.45, 7) is 8.63. The maximum atomic E-state index is 12.0. The monoisotopic (exact) mass is 393 g/mol. The molecule has 1 atom stereocenters. The minimum atomic E-state index is -0.231. The number of para-hydroxylation sites is 2. The molecule has 1 unspecified atom stereocenters. The van der Waals surface area contributed by atoms with Crippen LogP contribution >= 0.6 is 0 Å². The Hall–Kier alpha value is -3.28. The molecule has 3 rings (SSSR count).